The molecule has 0 aromatic heterocycles. The Morgan fingerprint density at radius 3 is 1.23 bits per heavy atom. The monoisotopic (exact) mass is 1130 g/mol. The Hall–Kier alpha value is -4.37. The number of likely N-dealkylation sites (N-methyl/N-ethyl adjacent to an activating group) is 1. The van der Waals surface area contributed by atoms with E-state index in [-0.39, 0.29) is 37.9 Å². The van der Waals surface area contributed by atoms with Crippen LogP contribution in [0.15, 0.2) is 158 Å². The molecule has 1 amide bonds. The Morgan fingerprint density at radius 2 is 0.812 bits per heavy atom. The number of ether oxygens (including phenoxy) is 1. The van der Waals surface area contributed by atoms with Crippen LogP contribution in [0.5, 0.6) is 0 Å². The lowest BCUT2D eigenvalue weighted by Gasteiger charge is -2.27. The molecule has 80 heavy (non-hydrogen) atoms. The van der Waals surface area contributed by atoms with Crippen molar-refractivity contribution >= 4 is 19.7 Å². The number of amides is 1. The van der Waals surface area contributed by atoms with Crippen LogP contribution in [0.25, 0.3) is 0 Å². The number of phosphoric acid groups is 1. The molecule has 0 heterocycles. The van der Waals surface area contributed by atoms with Gasteiger partial charge in [0.25, 0.3) is 0 Å². The number of allylic oxidation sites excluding steroid dienone is 25. The molecule has 2 N–H and O–H groups in total. The number of nitrogens with zero attached hydrogens (tertiary/aromatic N) is 1. The average molecular weight is 1130 g/mol. The zero-order valence-electron chi connectivity index (χ0n) is 51.5. The van der Waals surface area contributed by atoms with Gasteiger partial charge in [-0.25, -0.2) is 4.57 Å². The van der Waals surface area contributed by atoms with Gasteiger partial charge >= 0.3 is 13.8 Å². The number of carbonyl (C=O) groups is 2. The van der Waals surface area contributed by atoms with Gasteiger partial charge in [-0.3, -0.25) is 18.6 Å². The summed E-state index contributed by atoms with van der Waals surface area (Å²) >= 11 is 0. The Labute approximate surface area is 490 Å². The molecule has 0 saturated heterocycles. The number of hydrogen-bond acceptors (Lipinski definition) is 6. The quantitative estimate of drug-likeness (QED) is 0.0205. The van der Waals surface area contributed by atoms with Crippen LogP contribution in [-0.2, 0) is 27.9 Å². The second-order valence-corrected chi connectivity index (χ2v) is 22.9. The molecule has 0 aromatic rings. The minimum atomic E-state index is -4.49. The number of rotatable bonds is 54. The topological polar surface area (TPSA) is 111 Å². The summed E-state index contributed by atoms with van der Waals surface area (Å²) in [6, 6.07) is -0.912. The van der Waals surface area contributed by atoms with Gasteiger partial charge in [0.1, 0.15) is 19.3 Å². The summed E-state index contributed by atoms with van der Waals surface area (Å²) in [5.41, 5.74) is 0. The molecule has 0 aromatic carbocycles. The zero-order chi connectivity index (χ0) is 58.6. The maximum Gasteiger partial charge on any atom is 0.472 e. The molecule has 0 rings (SSSR count). The third-order valence-corrected chi connectivity index (χ3v) is 13.7. The number of carbonyl (C=O) groups excluding carboxylic acids is 2. The fourth-order valence-corrected chi connectivity index (χ4v) is 8.70. The summed E-state index contributed by atoms with van der Waals surface area (Å²) in [6.45, 7) is 6.68. The van der Waals surface area contributed by atoms with E-state index >= 15 is 0 Å². The van der Waals surface area contributed by atoms with Crippen LogP contribution in [-0.4, -0.2) is 74.3 Å². The van der Waals surface area contributed by atoms with E-state index < -0.39 is 20.0 Å². The third kappa shape index (κ3) is 58.3. The van der Waals surface area contributed by atoms with E-state index in [0.29, 0.717) is 23.9 Å². The second kappa shape index (κ2) is 57.8. The van der Waals surface area contributed by atoms with Crippen molar-refractivity contribution in [2.75, 3.05) is 40.9 Å². The minimum Gasteiger partial charge on any atom is -0.456 e. The van der Waals surface area contributed by atoms with Crippen LogP contribution in [0, 0.1) is 0 Å². The van der Waals surface area contributed by atoms with Gasteiger partial charge in [-0.15, -0.1) is 0 Å². The van der Waals surface area contributed by atoms with E-state index in [0.717, 1.165) is 122 Å². The van der Waals surface area contributed by atoms with Crippen LogP contribution in [0.4, 0.5) is 0 Å². The third-order valence-electron chi connectivity index (χ3n) is 12.7. The number of hydrogen-bond donors (Lipinski definition) is 2. The molecule has 0 bridgehead atoms. The molecular formula is C70H116N2O7P+. The van der Waals surface area contributed by atoms with Gasteiger partial charge in [0.2, 0.25) is 5.91 Å². The van der Waals surface area contributed by atoms with Gasteiger partial charge in [-0.2, -0.15) is 0 Å². The zero-order valence-corrected chi connectivity index (χ0v) is 52.4. The molecule has 3 atom stereocenters. The first kappa shape index (κ1) is 75.6. The lowest BCUT2D eigenvalue weighted by molar-refractivity contribution is -0.870. The molecule has 0 aliphatic heterocycles. The highest BCUT2D eigenvalue weighted by Crippen LogP contribution is 2.43. The molecule has 9 nitrogen and oxygen atoms in total. The van der Waals surface area contributed by atoms with Crippen molar-refractivity contribution in [3.05, 3.63) is 158 Å². The molecule has 0 radical (unpaired) electrons. The highest BCUT2D eigenvalue weighted by Gasteiger charge is 2.30. The predicted octanol–water partition coefficient (Wildman–Crippen LogP) is 19.6. The van der Waals surface area contributed by atoms with E-state index in [1.54, 1.807) is 0 Å². The van der Waals surface area contributed by atoms with E-state index in [4.69, 9.17) is 13.8 Å². The molecule has 0 aliphatic rings. The molecule has 452 valence electrons. The second-order valence-electron chi connectivity index (χ2n) is 21.5. The summed E-state index contributed by atoms with van der Waals surface area (Å²) in [5.74, 6) is -0.646. The van der Waals surface area contributed by atoms with Crippen LogP contribution >= 0.6 is 7.82 Å². The number of unbranched alkanes of at least 4 members (excludes halogenated alkanes) is 14. The molecule has 0 fully saturated rings. The molecule has 0 aliphatic carbocycles. The van der Waals surface area contributed by atoms with Crippen LogP contribution in [0.3, 0.4) is 0 Å². The molecule has 0 saturated carbocycles. The van der Waals surface area contributed by atoms with Gasteiger partial charge < -0.3 is 19.4 Å². The highest BCUT2D eigenvalue weighted by atomic mass is 31.2. The standard InChI is InChI=1S/C70H115N2O7P/c1-7-10-13-16-19-22-25-28-30-32-34-35-36-37-39-41-43-45-48-51-54-57-60-63-70(74)79-68(61-58-55-52-49-46-27-24-21-18-15-12-9-3)67(66-78-80(75,76)77-65-64-72(4,5)6)71-69(73)62-59-56-53-50-47-44-42-40-38-33-31-29-26-23-20-17-14-11-8-2/h10-11,13-14,19-20,22-23,28-31,34-35,37-40,43-45,47,53,56,58,61,67-68H,7-9,12,15-18,21,24-27,32-33,36,41-42,46,48-52,54-55,57,59-60,62-66H2,1-6H3,(H-,71,73,75,76)/p+1/b13-10-,14-11-,22-19-,23-20-,30-28-,31-29-,35-34-,39-37-,40-38-,45-43-,47-44-,56-53-,61-58+. The van der Waals surface area contributed by atoms with E-state index in [1.807, 2.05) is 45.4 Å². The summed E-state index contributed by atoms with van der Waals surface area (Å²) in [5, 5.41) is 2.99. The Morgan fingerprint density at radius 1 is 0.450 bits per heavy atom. The normalized spacial score (nSPS) is 14.7. The lowest BCUT2D eigenvalue weighted by atomic mass is 10.1. The van der Waals surface area contributed by atoms with E-state index in [2.05, 4.69) is 160 Å². The Balaban J connectivity index is 5.42. The summed E-state index contributed by atoms with van der Waals surface area (Å²) in [4.78, 5) is 37.7. The fourth-order valence-electron chi connectivity index (χ4n) is 7.96. The summed E-state index contributed by atoms with van der Waals surface area (Å²) < 4.78 is 30.6. The first-order chi connectivity index (χ1) is 38.9. The van der Waals surface area contributed by atoms with Gasteiger partial charge in [-0.05, 0) is 122 Å². The Bertz CT molecular complexity index is 1920. The van der Waals surface area contributed by atoms with Crippen molar-refractivity contribution < 1.29 is 37.3 Å². The fraction of sp³-hybridized carbons (Fsp3) is 0.600. The van der Waals surface area contributed by atoms with Crippen molar-refractivity contribution in [3.63, 3.8) is 0 Å². The van der Waals surface area contributed by atoms with Crippen LogP contribution in [0.1, 0.15) is 220 Å². The maximum atomic E-state index is 13.5. The van der Waals surface area contributed by atoms with Gasteiger partial charge in [0, 0.05) is 12.8 Å². The minimum absolute atomic E-state index is 0.0127. The molecular weight excluding hydrogens is 1010 g/mol. The maximum absolute atomic E-state index is 13.5. The molecule has 10 heteroatoms. The van der Waals surface area contributed by atoms with Crippen molar-refractivity contribution in [2.24, 2.45) is 0 Å². The van der Waals surface area contributed by atoms with Crippen molar-refractivity contribution in [3.8, 4) is 0 Å². The predicted molar refractivity (Wildman–Crippen MR) is 345 cm³/mol. The van der Waals surface area contributed by atoms with Crippen LogP contribution in [0.2, 0.25) is 0 Å². The van der Waals surface area contributed by atoms with Crippen molar-refractivity contribution in [1.82, 2.24) is 5.32 Å². The van der Waals surface area contributed by atoms with Gasteiger partial charge in [0.05, 0.1) is 33.8 Å². The number of nitrogens with one attached hydrogen (secondary N) is 1. The highest BCUT2D eigenvalue weighted by molar-refractivity contribution is 7.47. The first-order valence-corrected chi connectivity index (χ1v) is 32.8. The van der Waals surface area contributed by atoms with Crippen LogP contribution < -0.4 is 5.32 Å². The number of phosphoric ester groups is 1. The average Bonchev–Trinajstić information content (AvgIpc) is 3.43. The summed E-state index contributed by atoms with van der Waals surface area (Å²) in [7, 11) is 1.41. The summed E-state index contributed by atoms with van der Waals surface area (Å²) in [6.07, 6.45) is 85.5. The smallest absolute Gasteiger partial charge is 0.456 e. The molecule has 0 spiro atoms. The van der Waals surface area contributed by atoms with E-state index in [9.17, 15) is 19.0 Å². The number of quaternary nitrogens is 1. The Kier molecular flexibility index (Phi) is 54.7. The van der Waals surface area contributed by atoms with E-state index in [1.165, 1.54) is 51.4 Å². The molecule has 3 unspecified atom stereocenters. The largest absolute Gasteiger partial charge is 0.472 e. The van der Waals surface area contributed by atoms with Gasteiger partial charge in [-0.1, -0.05) is 243 Å². The lowest BCUT2D eigenvalue weighted by Crippen LogP contribution is -2.47. The SMILES string of the molecule is CC/C=C\C/C=C\C/C=C\C/C=C\C/C=C\C/C=C\CCCCCCC(=O)OC(/C=C/CCCCCCCCCCCC)C(COP(=O)(O)OCC[N+](C)(C)C)NC(=O)CC/C=C\C/C=C\C/C=C\C/C=C\C/C=C\C/C=C\CC. The van der Waals surface area contributed by atoms with Crippen molar-refractivity contribution in [2.45, 2.75) is 232 Å². The van der Waals surface area contributed by atoms with Crippen molar-refractivity contribution in [1.29, 1.82) is 0 Å². The number of esters is 1. The first-order valence-electron chi connectivity index (χ1n) is 31.3. The van der Waals surface area contributed by atoms with Gasteiger partial charge in [0.15, 0.2) is 0 Å².